The summed E-state index contributed by atoms with van der Waals surface area (Å²) in [7, 11) is 0. The molecular weight excluding hydrogens is 827 g/mol. The molecule has 2 aliphatic carbocycles. The van der Waals surface area contributed by atoms with Gasteiger partial charge in [-0.25, -0.2) is 0 Å². The Morgan fingerprint density at radius 2 is 1.00 bits per heavy atom. The van der Waals surface area contributed by atoms with Crippen molar-refractivity contribution in [3.63, 3.8) is 0 Å². The Balaban J connectivity index is 0.997. The van der Waals surface area contributed by atoms with Gasteiger partial charge in [-0.15, -0.1) is 11.3 Å². The van der Waals surface area contributed by atoms with Gasteiger partial charge in [0.1, 0.15) is 0 Å². The molecule has 1 heterocycles. The first-order valence-corrected chi connectivity index (χ1v) is 23.8. The lowest BCUT2D eigenvalue weighted by molar-refractivity contribution is 0.767. The number of benzene rings is 10. The molecule has 0 radical (unpaired) electrons. The number of rotatable bonds is 6. The summed E-state index contributed by atoms with van der Waals surface area (Å²) in [5.41, 5.74) is 18.4. The van der Waals surface area contributed by atoms with Gasteiger partial charge in [-0.1, -0.05) is 207 Å². The van der Waals surface area contributed by atoms with E-state index in [4.69, 9.17) is 6.58 Å². The van der Waals surface area contributed by atoms with E-state index in [0.717, 1.165) is 22.6 Å². The zero-order valence-electron chi connectivity index (χ0n) is 36.7. The lowest BCUT2D eigenvalue weighted by Crippen LogP contribution is -2.30. The molecule has 11 aromatic rings. The Bertz CT molecular complexity index is 3810. The molecule has 0 saturated carbocycles. The predicted octanol–water partition coefficient (Wildman–Crippen LogP) is 18.1. The highest BCUT2D eigenvalue weighted by Gasteiger charge is 2.47. The normalized spacial score (nSPS) is 15.8. The van der Waals surface area contributed by atoms with Crippen LogP contribution < -0.4 is 4.90 Å². The molecule has 2 heteroatoms. The Morgan fingerprint density at radius 3 is 1.84 bits per heavy atom. The number of hydrogen-bond donors (Lipinski definition) is 0. The molecule has 67 heavy (non-hydrogen) atoms. The zero-order valence-corrected chi connectivity index (χ0v) is 37.6. The van der Waals surface area contributed by atoms with Crippen molar-refractivity contribution >= 4 is 65.4 Å². The van der Waals surface area contributed by atoms with E-state index in [0.29, 0.717) is 0 Å². The van der Waals surface area contributed by atoms with Gasteiger partial charge >= 0.3 is 0 Å². The highest BCUT2D eigenvalue weighted by atomic mass is 32.1. The van der Waals surface area contributed by atoms with E-state index < -0.39 is 5.41 Å². The fourth-order valence-electron chi connectivity index (χ4n) is 11.0. The van der Waals surface area contributed by atoms with Crippen LogP contribution >= 0.6 is 11.3 Å². The molecule has 0 aliphatic heterocycles. The van der Waals surface area contributed by atoms with Crippen molar-refractivity contribution in [3.05, 3.63) is 277 Å². The van der Waals surface area contributed by atoms with E-state index in [9.17, 15) is 0 Å². The van der Waals surface area contributed by atoms with Gasteiger partial charge in [0.2, 0.25) is 0 Å². The summed E-state index contributed by atoms with van der Waals surface area (Å²) in [6.07, 6.45) is 8.70. The van der Waals surface area contributed by atoms with Gasteiger partial charge in [-0.2, -0.15) is 0 Å². The van der Waals surface area contributed by atoms with Crippen LogP contribution in [0.25, 0.3) is 81.5 Å². The third-order valence-corrected chi connectivity index (χ3v) is 15.3. The number of fused-ring (bicyclic) bond motifs is 11. The topological polar surface area (TPSA) is 3.24 Å². The monoisotopic (exact) mass is 869 g/mol. The minimum Gasteiger partial charge on any atom is -0.310 e. The van der Waals surface area contributed by atoms with Gasteiger partial charge in [0.25, 0.3) is 0 Å². The van der Waals surface area contributed by atoms with Crippen molar-refractivity contribution in [3.8, 4) is 44.5 Å². The van der Waals surface area contributed by atoms with Crippen LogP contribution in [0.15, 0.2) is 255 Å². The van der Waals surface area contributed by atoms with Crippen LogP contribution in [0.1, 0.15) is 22.3 Å². The Kier molecular flexibility index (Phi) is 9.16. The molecule has 0 saturated heterocycles. The number of allylic oxidation sites excluding steroid dienone is 4. The Labute approximate surface area is 395 Å². The van der Waals surface area contributed by atoms with Gasteiger partial charge in [-0.05, 0) is 126 Å². The Hall–Kier alpha value is -8.30. The SMILES string of the molecule is C=C1/C=C\C=C/c2ccccc2C12c1ccccc1-c1ccc(N(c3ccc(-c4ccccc4)cc3)c3ccc(-c4ccc5c(sc6ccccc65)c4-c4ccc5ccccc5c4)cc3)cc12. The van der Waals surface area contributed by atoms with Crippen LogP contribution in [-0.2, 0) is 5.41 Å². The second-order valence-corrected chi connectivity index (χ2v) is 18.7. The number of anilines is 3. The summed E-state index contributed by atoms with van der Waals surface area (Å²) in [5, 5.41) is 5.09. The molecule has 1 spiro atoms. The summed E-state index contributed by atoms with van der Waals surface area (Å²) in [6, 6.07) is 82.8. The molecule has 10 aromatic carbocycles. The van der Waals surface area contributed by atoms with Crippen LogP contribution in [0.3, 0.4) is 0 Å². The summed E-state index contributed by atoms with van der Waals surface area (Å²) < 4.78 is 2.62. The smallest absolute Gasteiger partial charge is 0.0714 e. The van der Waals surface area contributed by atoms with E-state index >= 15 is 0 Å². The largest absolute Gasteiger partial charge is 0.310 e. The van der Waals surface area contributed by atoms with Gasteiger partial charge in [0.15, 0.2) is 0 Å². The summed E-state index contributed by atoms with van der Waals surface area (Å²) in [6.45, 7) is 4.86. The number of hydrogen-bond acceptors (Lipinski definition) is 2. The average molecular weight is 870 g/mol. The van der Waals surface area contributed by atoms with Gasteiger partial charge in [0.05, 0.1) is 5.41 Å². The summed E-state index contributed by atoms with van der Waals surface area (Å²) in [5.74, 6) is 0. The molecule has 2 aliphatic rings. The van der Waals surface area contributed by atoms with Crippen LogP contribution in [0.4, 0.5) is 17.1 Å². The van der Waals surface area contributed by atoms with Crippen molar-refractivity contribution in [1.82, 2.24) is 0 Å². The first-order chi connectivity index (χ1) is 33.1. The van der Waals surface area contributed by atoms with Crippen molar-refractivity contribution in [2.45, 2.75) is 5.41 Å². The molecule has 0 bridgehead atoms. The van der Waals surface area contributed by atoms with E-state index in [-0.39, 0.29) is 0 Å². The first-order valence-electron chi connectivity index (χ1n) is 23.0. The third kappa shape index (κ3) is 6.22. The molecule has 1 atom stereocenters. The number of nitrogens with zero attached hydrogens (tertiary/aromatic N) is 1. The van der Waals surface area contributed by atoms with Gasteiger partial charge in [-0.3, -0.25) is 0 Å². The molecule has 0 N–H and O–H groups in total. The molecule has 0 fully saturated rings. The fourth-order valence-corrected chi connectivity index (χ4v) is 12.3. The maximum absolute atomic E-state index is 4.86. The van der Waals surface area contributed by atoms with Gasteiger partial charge in [0, 0.05) is 42.8 Å². The highest BCUT2D eigenvalue weighted by Crippen LogP contribution is 2.58. The fraction of sp³-hybridized carbons (Fsp3) is 0.0154. The highest BCUT2D eigenvalue weighted by molar-refractivity contribution is 7.26. The molecule has 13 rings (SSSR count). The quantitative estimate of drug-likeness (QED) is 0.161. The van der Waals surface area contributed by atoms with E-state index in [1.165, 1.54) is 97.7 Å². The van der Waals surface area contributed by atoms with E-state index in [1.54, 1.807) is 0 Å². The first kappa shape index (κ1) is 39.1. The lowest BCUT2D eigenvalue weighted by atomic mass is 9.65. The predicted molar refractivity (Wildman–Crippen MR) is 287 cm³/mol. The molecule has 1 unspecified atom stereocenters. The molecule has 0 amide bonds. The third-order valence-electron chi connectivity index (χ3n) is 14.1. The minimum absolute atomic E-state index is 0.586. The minimum atomic E-state index is -0.586. The molecule has 1 nitrogen and oxygen atoms in total. The average Bonchev–Trinajstić information content (AvgIpc) is 3.91. The second kappa shape index (κ2) is 15.7. The van der Waals surface area contributed by atoms with Gasteiger partial charge < -0.3 is 4.90 Å². The molecule has 1 aromatic heterocycles. The maximum Gasteiger partial charge on any atom is 0.0714 e. The van der Waals surface area contributed by atoms with Crippen molar-refractivity contribution < 1.29 is 0 Å². The van der Waals surface area contributed by atoms with Crippen molar-refractivity contribution in [2.24, 2.45) is 0 Å². The maximum atomic E-state index is 4.86. The lowest BCUT2D eigenvalue weighted by Gasteiger charge is -2.36. The van der Waals surface area contributed by atoms with Crippen LogP contribution in [-0.4, -0.2) is 0 Å². The van der Waals surface area contributed by atoms with Crippen LogP contribution in [0.2, 0.25) is 0 Å². The van der Waals surface area contributed by atoms with E-state index in [2.05, 4.69) is 254 Å². The van der Waals surface area contributed by atoms with Crippen molar-refractivity contribution in [2.75, 3.05) is 4.90 Å². The summed E-state index contributed by atoms with van der Waals surface area (Å²) in [4.78, 5) is 2.42. The van der Waals surface area contributed by atoms with Crippen LogP contribution in [0, 0.1) is 0 Å². The van der Waals surface area contributed by atoms with E-state index in [1.807, 2.05) is 11.3 Å². The Morgan fingerprint density at radius 1 is 0.388 bits per heavy atom. The second-order valence-electron chi connectivity index (χ2n) is 17.7. The summed E-state index contributed by atoms with van der Waals surface area (Å²) >= 11 is 1.89. The zero-order chi connectivity index (χ0) is 44.5. The molecular formula is C65H43NS. The van der Waals surface area contributed by atoms with Crippen molar-refractivity contribution in [1.29, 1.82) is 0 Å². The molecule has 314 valence electrons. The van der Waals surface area contributed by atoms with Crippen LogP contribution in [0.5, 0.6) is 0 Å². The standard InChI is InChI=1S/C65H43NS/c1-43-15-5-6-19-48-20-9-12-24-59(48)65(43)60-25-13-10-22-55(60)56-38-37-53(42-61(56)65)66(51-33-29-46(30-34-51)44-16-3-2-4-17-44)52-35-31-47(32-36-52)54-39-40-58-57-23-11-14-26-62(57)67-64(58)63(54)50-28-27-45-18-7-8-21-49(45)41-50/h2-42H,1H2/b15-5-,19-6-. The number of thiophene rings is 1.